The lowest BCUT2D eigenvalue weighted by Crippen LogP contribution is -2.42. The molecule has 1 nitrogen and oxygen atoms in total. The average molecular weight is 235 g/mol. The molecule has 1 aliphatic carbocycles. The molecule has 1 fully saturated rings. The van der Waals surface area contributed by atoms with E-state index in [9.17, 15) is 0 Å². The highest BCUT2D eigenvalue weighted by Crippen LogP contribution is 2.29. The molecule has 1 aromatic rings. The number of hydrogen-bond acceptors (Lipinski definition) is 2. The van der Waals surface area contributed by atoms with Crippen LogP contribution >= 0.6 is 11.8 Å². The number of thioether (sulfide) groups is 1. The molecule has 0 bridgehead atoms. The number of nitrogens with one attached hydrogen (secondary N) is 1. The number of rotatable bonds is 5. The van der Waals surface area contributed by atoms with Crippen molar-refractivity contribution in [2.75, 3.05) is 12.0 Å². The van der Waals surface area contributed by atoms with Gasteiger partial charge in [-0.05, 0) is 30.6 Å². The van der Waals surface area contributed by atoms with Crippen LogP contribution in [0.25, 0.3) is 0 Å². The van der Waals surface area contributed by atoms with Crippen molar-refractivity contribution >= 4 is 11.8 Å². The molecule has 16 heavy (non-hydrogen) atoms. The first-order valence-electron chi connectivity index (χ1n) is 6.09. The maximum Gasteiger partial charge on any atom is 0.0413 e. The summed E-state index contributed by atoms with van der Waals surface area (Å²) < 4.78 is 0. The van der Waals surface area contributed by atoms with Crippen LogP contribution in [0.3, 0.4) is 0 Å². The Morgan fingerprint density at radius 1 is 1.31 bits per heavy atom. The molecule has 0 spiro atoms. The molecule has 0 aliphatic heterocycles. The van der Waals surface area contributed by atoms with Crippen LogP contribution in [0.15, 0.2) is 30.3 Å². The van der Waals surface area contributed by atoms with E-state index in [1.807, 2.05) is 11.8 Å². The van der Waals surface area contributed by atoms with Gasteiger partial charge < -0.3 is 5.32 Å². The third-order valence-corrected chi connectivity index (χ3v) is 4.01. The molecule has 2 heteroatoms. The Labute approximate surface area is 103 Å². The van der Waals surface area contributed by atoms with Crippen molar-refractivity contribution in [3.63, 3.8) is 0 Å². The summed E-state index contributed by atoms with van der Waals surface area (Å²) in [4.78, 5) is 0. The summed E-state index contributed by atoms with van der Waals surface area (Å²) in [7, 11) is 0. The van der Waals surface area contributed by atoms with E-state index < -0.39 is 0 Å². The van der Waals surface area contributed by atoms with Gasteiger partial charge in [0.2, 0.25) is 0 Å². The summed E-state index contributed by atoms with van der Waals surface area (Å²) in [5.74, 6) is 2.08. The second-order valence-electron chi connectivity index (χ2n) is 4.86. The van der Waals surface area contributed by atoms with E-state index in [2.05, 4.69) is 48.8 Å². The van der Waals surface area contributed by atoms with Gasteiger partial charge in [-0.25, -0.2) is 0 Å². The molecule has 2 rings (SSSR count). The molecule has 1 aromatic carbocycles. The van der Waals surface area contributed by atoms with Crippen LogP contribution in [0.4, 0.5) is 0 Å². The predicted octanol–water partition coefficient (Wildman–Crippen LogP) is 3.48. The first-order chi connectivity index (χ1) is 7.79. The Hall–Kier alpha value is -0.470. The summed E-state index contributed by atoms with van der Waals surface area (Å²) in [6.07, 6.45) is 4.87. The van der Waals surface area contributed by atoms with Gasteiger partial charge in [0.25, 0.3) is 0 Å². The largest absolute Gasteiger partial charge is 0.306 e. The van der Waals surface area contributed by atoms with Gasteiger partial charge in [-0.1, -0.05) is 37.3 Å². The first kappa shape index (κ1) is 12.0. The van der Waals surface area contributed by atoms with E-state index in [4.69, 9.17) is 0 Å². The Balaban J connectivity index is 1.94. The standard InChI is InChI=1S/C14H21NS/c1-11-8-13(9-11)15-14(10-16-2)12-6-4-3-5-7-12/h3-7,11,13-15H,8-10H2,1-2H3. The van der Waals surface area contributed by atoms with E-state index >= 15 is 0 Å². The van der Waals surface area contributed by atoms with Crippen LogP contribution in [-0.4, -0.2) is 18.1 Å². The van der Waals surface area contributed by atoms with Crippen molar-refractivity contribution in [1.82, 2.24) is 5.32 Å². The Morgan fingerprint density at radius 2 is 2.00 bits per heavy atom. The SMILES string of the molecule is CSCC(NC1CC(C)C1)c1ccccc1. The first-order valence-corrected chi connectivity index (χ1v) is 7.49. The smallest absolute Gasteiger partial charge is 0.0413 e. The third kappa shape index (κ3) is 3.02. The summed E-state index contributed by atoms with van der Waals surface area (Å²) in [6.45, 7) is 2.34. The van der Waals surface area contributed by atoms with Gasteiger partial charge in [0.1, 0.15) is 0 Å². The molecule has 0 amide bonds. The maximum absolute atomic E-state index is 3.78. The molecule has 88 valence electrons. The fraction of sp³-hybridized carbons (Fsp3) is 0.571. The molecule has 1 aliphatic rings. The van der Waals surface area contributed by atoms with Gasteiger partial charge in [0.05, 0.1) is 0 Å². The molecule has 0 aromatic heterocycles. The second kappa shape index (κ2) is 5.74. The third-order valence-electron chi connectivity index (χ3n) is 3.35. The lowest BCUT2D eigenvalue weighted by Gasteiger charge is -2.36. The van der Waals surface area contributed by atoms with Gasteiger partial charge in [-0.3, -0.25) is 0 Å². The molecule has 0 saturated heterocycles. The minimum absolute atomic E-state index is 0.522. The molecular formula is C14H21NS. The summed E-state index contributed by atoms with van der Waals surface area (Å²) >= 11 is 1.92. The van der Waals surface area contributed by atoms with Crippen molar-refractivity contribution in [3.8, 4) is 0 Å². The number of hydrogen-bond donors (Lipinski definition) is 1. The highest BCUT2D eigenvalue weighted by molar-refractivity contribution is 7.98. The van der Waals surface area contributed by atoms with Crippen LogP contribution < -0.4 is 5.32 Å². The zero-order valence-corrected chi connectivity index (χ0v) is 11.0. The zero-order valence-electron chi connectivity index (χ0n) is 10.1. The van der Waals surface area contributed by atoms with Gasteiger partial charge in [-0.15, -0.1) is 0 Å². The summed E-state index contributed by atoms with van der Waals surface area (Å²) in [5, 5.41) is 3.78. The topological polar surface area (TPSA) is 12.0 Å². The van der Waals surface area contributed by atoms with Crippen LogP contribution in [-0.2, 0) is 0 Å². The Bertz CT molecular complexity index is 306. The van der Waals surface area contributed by atoms with Gasteiger partial charge in [0.15, 0.2) is 0 Å². The lowest BCUT2D eigenvalue weighted by atomic mass is 9.81. The molecule has 0 heterocycles. The van der Waals surface area contributed by atoms with E-state index in [0.717, 1.165) is 17.7 Å². The average Bonchev–Trinajstić information content (AvgIpc) is 2.27. The lowest BCUT2D eigenvalue weighted by molar-refractivity contribution is 0.227. The maximum atomic E-state index is 3.78. The second-order valence-corrected chi connectivity index (χ2v) is 5.77. The minimum atomic E-state index is 0.522. The Morgan fingerprint density at radius 3 is 2.56 bits per heavy atom. The van der Waals surface area contributed by atoms with Crippen LogP contribution in [0.5, 0.6) is 0 Å². The predicted molar refractivity (Wildman–Crippen MR) is 72.9 cm³/mol. The molecule has 1 saturated carbocycles. The van der Waals surface area contributed by atoms with E-state index in [0.29, 0.717) is 6.04 Å². The van der Waals surface area contributed by atoms with Crippen LogP contribution in [0.2, 0.25) is 0 Å². The van der Waals surface area contributed by atoms with Crippen LogP contribution in [0, 0.1) is 5.92 Å². The normalized spacial score (nSPS) is 26.1. The van der Waals surface area contributed by atoms with E-state index in [1.54, 1.807) is 0 Å². The van der Waals surface area contributed by atoms with E-state index in [-0.39, 0.29) is 0 Å². The number of benzene rings is 1. The fourth-order valence-electron chi connectivity index (χ4n) is 2.42. The molecule has 1 unspecified atom stereocenters. The monoisotopic (exact) mass is 235 g/mol. The summed E-state index contributed by atoms with van der Waals surface area (Å²) in [5.41, 5.74) is 1.43. The van der Waals surface area contributed by atoms with Gasteiger partial charge in [-0.2, -0.15) is 11.8 Å². The minimum Gasteiger partial charge on any atom is -0.306 e. The van der Waals surface area contributed by atoms with Gasteiger partial charge >= 0.3 is 0 Å². The molecule has 1 N–H and O–H groups in total. The highest BCUT2D eigenvalue weighted by atomic mass is 32.2. The molecule has 1 atom stereocenters. The van der Waals surface area contributed by atoms with Gasteiger partial charge in [0, 0.05) is 17.8 Å². The fourth-order valence-corrected chi connectivity index (χ4v) is 3.04. The highest BCUT2D eigenvalue weighted by Gasteiger charge is 2.27. The zero-order chi connectivity index (χ0) is 11.4. The summed E-state index contributed by atoms with van der Waals surface area (Å²) in [6, 6.07) is 12.1. The van der Waals surface area contributed by atoms with E-state index in [1.165, 1.54) is 18.4 Å². The van der Waals surface area contributed by atoms with Crippen molar-refractivity contribution < 1.29 is 0 Å². The quantitative estimate of drug-likeness (QED) is 0.838. The van der Waals surface area contributed by atoms with Crippen molar-refractivity contribution in [1.29, 1.82) is 0 Å². The molecular weight excluding hydrogens is 214 g/mol. The Kier molecular flexibility index (Phi) is 4.30. The van der Waals surface area contributed by atoms with Crippen LogP contribution in [0.1, 0.15) is 31.4 Å². The van der Waals surface area contributed by atoms with Crippen molar-refractivity contribution in [2.45, 2.75) is 31.8 Å². The van der Waals surface area contributed by atoms with Crippen molar-refractivity contribution in [2.24, 2.45) is 5.92 Å². The molecule has 0 radical (unpaired) electrons. The van der Waals surface area contributed by atoms with Crippen molar-refractivity contribution in [3.05, 3.63) is 35.9 Å².